The Labute approximate surface area is 116 Å². The first kappa shape index (κ1) is 13.6. The molecule has 0 fully saturated rings. The molecular weight excluding hydrogens is 254 g/mol. The minimum Gasteiger partial charge on any atom is -0.351 e. The number of carbonyl (C=O) groups is 1. The molecule has 0 unspecified atom stereocenters. The third-order valence-electron chi connectivity index (χ3n) is 2.79. The van der Waals surface area contributed by atoms with Crippen LogP contribution in [0.25, 0.3) is 5.69 Å². The van der Waals surface area contributed by atoms with Gasteiger partial charge in [-0.3, -0.25) is 5.32 Å². The van der Waals surface area contributed by atoms with Crippen molar-refractivity contribution in [1.29, 1.82) is 5.26 Å². The van der Waals surface area contributed by atoms with Gasteiger partial charge in [0.1, 0.15) is 5.82 Å². The standard InChI is InChI=1S/C14H15N5O/c1-9(2)12-7-13(17-14(16)20)19(18-12)11-5-3-4-10(6-11)8-15/h3-7,9H,1-2H3,(H3,16,17,20). The number of hydrogen-bond donors (Lipinski definition) is 2. The van der Waals surface area contributed by atoms with Crippen LogP contribution < -0.4 is 11.1 Å². The van der Waals surface area contributed by atoms with E-state index in [4.69, 9.17) is 11.0 Å². The number of carbonyl (C=O) groups excluding carboxylic acids is 1. The Hall–Kier alpha value is -2.81. The van der Waals surface area contributed by atoms with Crippen molar-refractivity contribution in [1.82, 2.24) is 9.78 Å². The maximum atomic E-state index is 11.1. The Morgan fingerprint density at radius 2 is 2.20 bits per heavy atom. The number of aromatic nitrogens is 2. The summed E-state index contributed by atoms with van der Waals surface area (Å²) in [5.41, 5.74) is 7.22. The number of rotatable bonds is 3. The van der Waals surface area contributed by atoms with Crippen LogP contribution in [0, 0.1) is 11.3 Å². The lowest BCUT2D eigenvalue weighted by Gasteiger charge is -2.07. The molecule has 0 aliphatic heterocycles. The number of nitrogens with one attached hydrogen (secondary N) is 1. The van der Waals surface area contributed by atoms with Gasteiger partial charge in [0.15, 0.2) is 0 Å². The molecule has 3 N–H and O–H groups in total. The first-order valence-corrected chi connectivity index (χ1v) is 6.18. The summed E-state index contributed by atoms with van der Waals surface area (Å²) in [4.78, 5) is 11.1. The maximum absolute atomic E-state index is 11.1. The summed E-state index contributed by atoms with van der Waals surface area (Å²) in [5, 5.41) is 15.9. The number of primary amides is 1. The van der Waals surface area contributed by atoms with E-state index in [1.165, 1.54) is 0 Å². The van der Waals surface area contributed by atoms with Crippen molar-refractivity contribution < 1.29 is 4.79 Å². The molecule has 6 nitrogen and oxygen atoms in total. The van der Waals surface area contributed by atoms with Gasteiger partial charge in [0.2, 0.25) is 0 Å². The summed E-state index contributed by atoms with van der Waals surface area (Å²) in [6.45, 7) is 4.01. The number of nitrogens with two attached hydrogens (primary N) is 1. The highest BCUT2D eigenvalue weighted by Gasteiger charge is 2.13. The van der Waals surface area contributed by atoms with Crippen molar-refractivity contribution in [2.75, 3.05) is 5.32 Å². The van der Waals surface area contributed by atoms with Gasteiger partial charge in [-0.2, -0.15) is 10.4 Å². The number of anilines is 1. The van der Waals surface area contributed by atoms with E-state index in [1.807, 2.05) is 19.9 Å². The Morgan fingerprint density at radius 1 is 1.45 bits per heavy atom. The molecule has 2 amide bonds. The molecule has 0 aliphatic carbocycles. The average Bonchev–Trinajstić information content (AvgIpc) is 2.82. The van der Waals surface area contributed by atoms with Gasteiger partial charge in [0.05, 0.1) is 23.0 Å². The fourth-order valence-electron chi connectivity index (χ4n) is 1.80. The SMILES string of the molecule is CC(C)c1cc(NC(N)=O)n(-c2cccc(C#N)c2)n1. The molecule has 1 aromatic heterocycles. The van der Waals surface area contributed by atoms with Gasteiger partial charge in [-0.1, -0.05) is 19.9 Å². The molecule has 1 heterocycles. The maximum Gasteiger partial charge on any atom is 0.317 e. The van der Waals surface area contributed by atoms with Crippen molar-refractivity contribution >= 4 is 11.8 Å². The lowest BCUT2D eigenvalue weighted by Crippen LogP contribution is -2.21. The first-order valence-electron chi connectivity index (χ1n) is 6.18. The minimum atomic E-state index is -0.655. The van der Waals surface area contributed by atoms with Gasteiger partial charge in [-0.15, -0.1) is 0 Å². The van der Waals surface area contributed by atoms with Crippen molar-refractivity contribution in [3.63, 3.8) is 0 Å². The number of urea groups is 1. The van der Waals surface area contributed by atoms with Gasteiger partial charge in [-0.25, -0.2) is 9.48 Å². The molecule has 0 saturated carbocycles. The molecule has 0 aliphatic rings. The lowest BCUT2D eigenvalue weighted by molar-refractivity contribution is 0.259. The Balaban J connectivity index is 2.53. The quantitative estimate of drug-likeness (QED) is 0.895. The Morgan fingerprint density at radius 3 is 2.80 bits per heavy atom. The first-order chi connectivity index (χ1) is 9.51. The van der Waals surface area contributed by atoms with Crippen LogP contribution in [0.3, 0.4) is 0 Å². The smallest absolute Gasteiger partial charge is 0.317 e. The fraction of sp³-hybridized carbons (Fsp3) is 0.214. The van der Waals surface area contributed by atoms with E-state index in [9.17, 15) is 4.79 Å². The second-order valence-corrected chi connectivity index (χ2v) is 4.67. The molecule has 2 aromatic rings. The average molecular weight is 269 g/mol. The minimum absolute atomic E-state index is 0.212. The van der Waals surface area contributed by atoms with E-state index in [2.05, 4.69) is 16.5 Å². The van der Waals surface area contributed by atoms with Crippen LogP contribution in [-0.2, 0) is 0 Å². The van der Waals surface area contributed by atoms with Crippen LogP contribution in [0.5, 0.6) is 0 Å². The number of hydrogen-bond acceptors (Lipinski definition) is 3. The van der Waals surface area contributed by atoms with Crippen LogP contribution in [0.1, 0.15) is 31.0 Å². The highest BCUT2D eigenvalue weighted by molar-refractivity contribution is 5.87. The van der Waals surface area contributed by atoms with Crippen molar-refractivity contribution in [2.45, 2.75) is 19.8 Å². The monoisotopic (exact) mass is 269 g/mol. The van der Waals surface area contributed by atoms with Gasteiger partial charge in [0, 0.05) is 6.07 Å². The van der Waals surface area contributed by atoms with Crippen LogP contribution in [0.4, 0.5) is 10.6 Å². The Bertz CT molecular complexity index is 681. The van der Waals surface area contributed by atoms with Crippen molar-refractivity contribution in [2.24, 2.45) is 5.73 Å². The number of amides is 2. The molecule has 0 spiro atoms. The third kappa shape index (κ3) is 2.78. The zero-order valence-electron chi connectivity index (χ0n) is 11.3. The largest absolute Gasteiger partial charge is 0.351 e. The second kappa shape index (κ2) is 5.45. The van der Waals surface area contributed by atoms with E-state index in [-0.39, 0.29) is 5.92 Å². The van der Waals surface area contributed by atoms with E-state index in [0.717, 1.165) is 5.69 Å². The zero-order chi connectivity index (χ0) is 14.7. The van der Waals surface area contributed by atoms with E-state index in [1.54, 1.807) is 28.9 Å². The predicted octanol–water partition coefficient (Wildman–Crippen LogP) is 2.36. The molecule has 102 valence electrons. The summed E-state index contributed by atoms with van der Waals surface area (Å²) in [6.07, 6.45) is 0. The molecular formula is C14H15N5O. The highest BCUT2D eigenvalue weighted by atomic mass is 16.2. The van der Waals surface area contributed by atoms with E-state index in [0.29, 0.717) is 17.1 Å². The molecule has 0 atom stereocenters. The van der Waals surface area contributed by atoms with Crippen molar-refractivity contribution in [3.8, 4) is 11.8 Å². The fourth-order valence-corrected chi connectivity index (χ4v) is 1.80. The summed E-state index contributed by atoms with van der Waals surface area (Å²) in [5.74, 6) is 0.695. The van der Waals surface area contributed by atoms with Gasteiger partial charge in [-0.05, 0) is 24.1 Å². The summed E-state index contributed by atoms with van der Waals surface area (Å²) < 4.78 is 1.57. The molecule has 0 radical (unpaired) electrons. The molecule has 20 heavy (non-hydrogen) atoms. The van der Waals surface area contributed by atoms with Gasteiger partial charge in [0.25, 0.3) is 0 Å². The Kier molecular flexibility index (Phi) is 3.71. The van der Waals surface area contributed by atoms with E-state index >= 15 is 0 Å². The topological polar surface area (TPSA) is 96.7 Å². The lowest BCUT2D eigenvalue weighted by atomic mass is 10.1. The molecule has 1 aromatic carbocycles. The van der Waals surface area contributed by atoms with E-state index < -0.39 is 6.03 Å². The normalized spacial score (nSPS) is 10.3. The van der Waals surface area contributed by atoms with Gasteiger partial charge < -0.3 is 5.73 Å². The summed E-state index contributed by atoms with van der Waals surface area (Å²) >= 11 is 0. The second-order valence-electron chi connectivity index (χ2n) is 4.67. The molecule has 0 saturated heterocycles. The summed E-state index contributed by atoms with van der Waals surface area (Å²) in [7, 11) is 0. The van der Waals surface area contributed by atoms with Crippen LogP contribution in [-0.4, -0.2) is 15.8 Å². The number of nitrogens with zero attached hydrogens (tertiary/aromatic N) is 3. The predicted molar refractivity (Wildman–Crippen MR) is 75.6 cm³/mol. The highest BCUT2D eigenvalue weighted by Crippen LogP contribution is 2.22. The molecule has 0 bridgehead atoms. The zero-order valence-corrected chi connectivity index (χ0v) is 11.3. The summed E-state index contributed by atoms with van der Waals surface area (Å²) in [6, 6.07) is 10.2. The van der Waals surface area contributed by atoms with Crippen molar-refractivity contribution in [3.05, 3.63) is 41.6 Å². The molecule has 2 rings (SSSR count). The molecule has 6 heteroatoms. The number of benzene rings is 1. The number of nitriles is 1. The third-order valence-corrected chi connectivity index (χ3v) is 2.79. The van der Waals surface area contributed by atoms with Crippen LogP contribution in [0.15, 0.2) is 30.3 Å². The van der Waals surface area contributed by atoms with Gasteiger partial charge >= 0.3 is 6.03 Å². The van der Waals surface area contributed by atoms with Crippen LogP contribution in [0.2, 0.25) is 0 Å². The van der Waals surface area contributed by atoms with Crippen LogP contribution >= 0.6 is 0 Å².